The van der Waals surface area contributed by atoms with Gasteiger partial charge in [-0.15, -0.1) is 0 Å². The fourth-order valence-electron chi connectivity index (χ4n) is 3.89. The van der Waals surface area contributed by atoms with Gasteiger partial charge >= 0.3 is 0 Å². The van der Waals surface area contributed by atoms with Crippen LogP contribution >= 0.6 is 0 Å². The van der Waals surface area contributed by atoms with Gasteiger partial charge in [-0.05, 0) is 52.8 Å². The Bertz CT molecular complexity index is 1070. The van der Waals surface area contributed by atoms with Crippen molar-refractivity contribution in [2.75, 3.05) is 38.7 Å². The number of benzene rings is 1. The van der Waals surface area contributed by atoms with Crippen molar-refractivity contribution in [1.29, 1.82) is 0 Å². The number of likely N-dealkylation sites (N-methyl/N-ethyl adjacent to an activating group) is 1. The molecule has 33 heavy (non-hydrogen) atoms. The van der Waals surface area contributed by atoms with E-state index >= 15 is 0 Å². The van der Waals surface area contributed by atoms with Crippen LogP contribution in [0.5, 0.6) is 5.75 Å². The highest BCUT2D eigenvalue weighted by molar-refractivity contribution is 5.88. The van der Waals surface area contributed by atoms with Crippen LogP contribution in [0.2, 0.25) is 0 Å². The first-order chi connectivity index (χ1) is 15.8. The molecule has 9 heteroatoms. The second kappa shape index (κ2) is 10.0. The first-order valence-electron chi connectivity index (χ1n) is 11.5. The van der Waals surface area contributed by atoms with E-state index in [1.54, 1.807) is 7.05 Å². The van der Waals surface area contributed by atoms with Crippen LogP contribution in [0, 0.1) is 0 Å². The Balaban J connectivity index is 1.70. The molecule has 0 spiro atoms. The molecule has 2 aromatic heterocycles. The van der Waals surface area contributed by atoms with Gasteiger partial charge in [0.25, 0.3) is 0 Å². The van der Waals surface area contributed by atoms with Gasteiger partial charge in [-0.25, -0.2) is 14.6 Å². The molecule has 178 valence electrons. The fraction of sp³-hybridized carbons (Fsp3) is 0.542. The maximum atomic E-state index is 9.95. The second-order valence-corrected chi connectivity index (χ2v) is 9.44. The Morgan fingerprint density at radius 2 is 2.03 bits per heavy atom. The summed E-state index contributed by atoms with van der Waals surface area (Å²) in [6.45, 7) is 8.50. The van der Waals surface area contributed by atoms with Crippen LogP contribution < -0.4 is 15.4 Å². The molecular formula is C24H34N6O3. The summed E-state index contributed by atoms with van der Waals surface area (Å²) in [4.78, 5) is 9.80. The highest BCUT2D eigenvalue weighted by Crippen LogP contribution is 2.30. The van der Waals surface area contributed by atoms with E-state index in [2.05, 4.69) is 36.5 Å². The molecule has 1 saturated heterocycles. The molecule has 1 atom stereocenters. The van der Waals surface area contributed by atoms with Crippen molar-refractivity contribution >= 4 is 16.9 Å². The molecular weight excluding hydrogens is 420 g/mol. The lowest BCUT2D eigenvalue weighted by atomic mass is 10.1. The van der Waals surface area contributed by atoms with Crippen LogP contribution in [0.3, 0.4) is 0 Å². The lowest BCUT2D eigenvalue weighted by Gasteiger charge is -2.24. The molecule has 4 rings (SSSR count). The van der Waals surface area contributed by atoms with E-state index in [0.717, 1.165) is 48.5 Å². The third-order valence-electron chi connectivity index (χ3n) is 5.60. The van der Waals surface area contributed by atoms with Gasteiger partial charge in [-0.3, -0.25) is 0 Å². The summed E-state index contributed by atoms with van der Waals surface area (Å²) in [5.41, 5.74) is 1.41. The van der Waals surface area contributed by atoms with Crippen LogP contribution in [-0.4, -0.2) is 70.4 Å². The smallest absolute Gasteiger partial charge is 0.164 e. The van der Waals surface area contributed by atoms with E-state index in [-0.39, 0.29) is 12.1 Å². The molecule has 1 aliphatic heterocycles. The molecule has 3 aromatic rings. The number of hydrogen-bond donors (Lipinski definition) is 3. The molecule has 0 saturated carbocycles. The molecule has 1 fully saturated rings. The minimum atomic E-state index is -0.581. The Kier molecular flexibility index (Phi) is 7.11. The molecule has 1 unspecified atom stereocenters. The molecule has 1 aliphatic rings. The monoisotopic (exact) mass is 454 g/mol. The third-order valence-corrected chi connectivity index (χ3v) is 5.60. The van der Waals surface area contributed by atoms with E-state index in [4.69, 9.17) is 19.4 Å². The number of nitrogens with one attached hydrogen (secondary N) is 2. The molecule has 0 amide bonds. The van der Waals surface area contributed by atoms with Crippen molar-refractivity contribution in [2.24, 2.45) is 0 Å². The van der Waals surface area contributed by atoms with Gasteiger partial charge in [0.2, 0.25) is 0 Å². The Morgan fingerprint density at radius 3 is 2.76 bits per heavy atom. The normalized spacial score (nSPS) is 16.2. The quantitative estimate of drug-likeness (QED) is 0.477. The van der Waals surface area contributed by atoms with Crippen molar-refractivity contribution in [2.45, 2.75) is 51.3 Å². The molecule has 3 N–H and O–H groups in total. The van der Waals surface area contributed by atoms with E-state index in [0.29, 0.717) is 24.2 Å². The Labute approximate surface area is 194 Å². The SMILES string of the molecule is CNCC(O)COc1cccc(-c2nc(NC3CCOCC3)c3cnn(C(C)(C)C)c3n2)c1. The van der Waals surface area contributed by atoms with Crippen molar-refractivity contribution in [3.63, 3.8) is 0 Å². The fourth-order valence-corrected chi connectivity index (χ4v) is 3.89. The summed E-state index contributed by atoms with van der Waals surface area (Å²) in [5.74, 6) is 2.05. The summed E-state index contributed by atoms with van der Waals surface area (Å²) in [7, 11) is 1.80. The average Bonchev–Trinajstić information content (AvgIpc) is 3.24. The largest absolute Gasteiger partial charge is 0.491 e. The zero-order chi connectivity index (χ0) is 23.4. The minimum Gasteiger partial charge on any atom is -0.491 e. The summed E-state index contributed by atoms with van der Waals surface area (Å²) in [6.07, 6.45) is 3.14. The number of rotatable bonds is 8. The van der Waals surface area contributed by atoms with E-state index in [1.165, 1.54) is 0 Å². The van der Waals surface area contributed by atoms with Crippen molar-refractivity contribution < 1.29 is 14.6 Å². The maximum absolute atomic E-state index is 9.95. The van der Waals surface area contributed by atoms with Gasteiger partial charge < -0.3 is 25.2 Å². The second-order valence-electron chi connectivity index (χ2n) is 9.44. The van der Waals surface area contributed by atoms with E-state index in [9.17, 15) is 5.11 Å². The number of anilines is 1. The number of fused-ring (bicyclic) bond motifs is 1. The highest BCUT2D eigenvalue weighted by atomic mass is 16.5. The van der Waals surface area contributed by atoms with Gasteiger partial charge in [0.1, 0.15) is 24.3 Å². The van der Waals surface area contributed by atoms with Crippen LogP contribution in [0.1, 0.15) is 33.6 Å². The lowest BCUT2D eigenvalue weighted by Crippen LogP contribution is -2.29. The summed E-state index contributed by atoms with van der Waals surface area (Å²) >= 11 is 0. The topological polar surface area (TPSA) is 106 Å². The predicted octanol–water partition coefficient (Wildman–Crippen LogP) is 2.80. The average molecular weight is 455 g/mol. The number of aliphatic hydroxyl groups excluding tert-OH is 1. The summed E-state index contributed by atoms with van der Waals surface area (Å²) < 4.78 is 13.2. The van der Waals surface area contributed by atoms with Gasteiger partial charge in [0.15, 0.2) is 11.5 Å². The standard InChI is InChI=1S/C24H34N6O3/c1-24(2,3)30-23-20(14-26-30)22(27-17-8-10-32-11-9-17)28-21(29-23)16-6-5-7-19(12-16)33-15-18(31)13-25-4/h5-7,12,14,17-18,25,31H,8-11,13,15H2,1-4H3,(H,27,28,29). The molecule has 3 heterocycles. The van der Waals surface area contributed by atoms with Crippen molar-refractivity contribution in [3.8, 4) is 17.1 Å². The van der Waals surface area contributed by atoms with E-state index < -0.39 is 6.10 Å². The molecule has 0 radical (unpaired) electrons. The van der Waals surface area contributed by atoms with Crippen LogP contribution in [0.25, 0.3) is 22.4 Å². The number of ether oxygens (including phenoxy) is 2. The molecule has 0 bridgehead atoms. The Hall–Kier alpha value is -2.75. The van der Waals surface area contributed by atoms with E-state index in [1.807, 2.05) is 35.1 Å². The van der Waals surface area contributed by atoms with Crippen LogP contribution in [0.15, 0.2) is 30.5 Å². The maximum Gasteiger partial charge on any atom is 0.164 e. The number of hydrogen-bond acceptors (Lipinski definition) is 8. The molecule has 1 aromatic carbocycles. The van der Waals surface area contributed by atoms with Gasteiger partial charge in [-0.2, -0.15) is 5.10 Å². The predicted molar refractivity (Wildman–Crippen MR) is 129 cm³/mol. The summed E-state index contributed by atoms with van der Waals surface area (Å²) in [5, 5.41) is 22.0. The summed E-state index contributed by atoms with van der Waals surface area (Å²) in [6, 6.07) is 7.95. The molecule has 0 aliphatic carbocycles. The first-order valence-corrected chi connectivity index (χ1v) is 11.5. The van der Waals surface area contributed by atoms with Crippen molar-refractivity contribution in [3.05, 3.63) is 30.5 Å². The van der Waals surface area contributed by atoms with Gasteiger partial charge in [0.05, 0.1) is 17.1 Å². The van der Waals surface area contributed by atoms with Gasteiger partial charge in [-0.1, -0.05) is 12.1 Å². The Morgan fingerprint density at radius 1 is 1.24 bits per heavy atom. The van der Waals surface area contributed by atoms with Crippen LogP contribution in [-0.2, 0) is 10.3 Å². The highest BCUT2D eigenvalue weighted by Gasteiger charge is 2.23. The van der Waals surface area contributed by atoms with Crippen molar-refractivity contribution in [1.82, 2.24) is 25.1 Å². The number of aliphatic hydroxyl groups is 1. The number of nitrogens with zero attached hydrogens (tertiary/aromatic N) is 4. The molecule has 9 nitrogen and oxygen atoms in total. The zero-order valence-corrected chi connectivity index (χ0v) is 19.8. The van der Waals surface area contributed by atoms with Gasteiger partial charge in [0, 0.05) is 31.4 Å². The third kappa shape index (κ3) is 5.61. The lowest BCUT2D eigenvalue weighted by molar-refractivity contribution is 0.0904. The zero-order valence-electron chi connectivity index (χ0n) is 19.8. The minimum absolute atomic E-state index is 0.206. The van der Waals surface area contributed by atoms with Crippen LogP contribution in [0.4, 0.5) is 5.82 Å². The number of aromatic nitrogens is 4. The first kappa shape index (κ1) is 23.4.